The Kier molecular flexibility index (Phi) is 6.83. The van der Waals surface area contributed by atoms with E-state index in [4.69, 9.17) is 11.6 Å². The van der Waals surface area contributed by atoms with Crippen molar-refractivity contribution in [2.75, 3.05) is 17.4 Å². The molecule has 0 radical (unpaired) electrons. The summed E-state index contributed by atoms with van der Waals surface area (Å²) in [5, 5.41) is 2.91. The highest BCUT2D eigenvalue weighted by molar-refractivity contribution is 7.92. The van der Waals surface area contributed by atoms with Gasteiger partial charge in [-0.2, -0.15) is 0 Å². The molecule has 0 spiro atoms. The Morgan fingerprint density at radius 2 is 1.92 bits per heavy atom. The first kappa shape index (κ1) is 20.0. The van der Waals surface area contributed by atoms with Crippen LogP contribution in [0.15, 0.2) is 66.1 Å². The summed E-state index contributed by atoms with van der Waals surface area (Å²) >= 11 is 6.09. The number of halogens is 1. The van der Waals surface area contributed by atoms with Crippen molar-refractivity contribution in [1.82, 2.24) is 5.32 Å². The minimum Gasteiger partial charge on any atom is -0.352 e. The third-order valence-corrected chi connectivity index (χ3v) is 5.76. The number of sulfonamides is 1. The third kappa shape index (κ3) is 4.45. The van der Waals surface area contributed by atoms with E-state index in [1.165, 1.54) is 28.6 Å². The monoisotopic (exact) mass is 392 g/mol. The SMILES string of the molecule is C=CCN(c1ccccc1)S(=O)(=O)c1ccc(Cl)c(C(=O)NCCC)c1. The van der Waals surface area contributed by atoms with Crippen LogP contribution in [0.4, 0.5) is 5.69 Å². The van der Waals surface area contributed by atoms with Gasteiger partial charge < -0.3 is 5.32 Å². The van der Waals surface area contributed by atoms with Gasteiger partial charge in [-0.25, -0.2) is 8.42 Å². The molecule has 0 bridgehead atoms. The summed E-state index contributed by atoms with van der Waals surface area (Å²) in [6.45, 7) is 6.15. The maximum absolute atomic E-state index is 13.1. The first-order valence-corrected chi connectivity index (χ1v) is 10.00. The fourth-order valence-corrected chi connectivity index (χ4v) is 4.02. The molecule has 0 saturated carbocycles. The summed E-state index contributed by atoms with van der Waals surface area (Å²) in [5.74, 6) is -0.399. The second-order valence-corrected chi connectivity index (χ2v) is 7.83. The van der Waals surface area contributed by atoms with Crippen LogP contribution in [-0.4, -0.2) is 27.4 Å². The lowest BCUT2D eigenvalue weighted by Gasteiger charge is -2.23. The van der Waals surface area contributed by atoms with Crippen LogP contribution in [0.1, 0.15) is 23.7 Å². The Bertz CT molecular complexity index is 883. The van der Waals surface area contributed by atoms with Crippen LogP contribution in [0, 0.1) is 0 Å². The first-order valence-electron chi connectivity index (χ1n) is 8.18. The number of carbonyl (C=O) groups excluding carboxylic acids is 1. The van der Waals surface area contributed by atoms with Gasteiger partial charge in [-0.1, -0.05) is 42.8 Å². The molecule has 0 aliphatic carbocycles. The molecule has 2 aromatic rings. The predicted octanol–water partition coefficient (Wildman–Crippen LogP) is 3.86. The zero-order valence-electron chi connectivity index (χ0n) is 14.5. The predicted molar refractivity (Wildman–Crippen MR) is 105 cm³/mol. The minimum atomic E-state index is -3.89. The van der Waals surface area contributed by atoms with E-state index in [0.717, 1.165) is 6.42 Å². The molecule has 0 saturated heterocycles. The number of para-hydroxylation sites is 1. The Hall–Kier alpha value is -2.31. The Morgan fingerprint density at radius 1 is 1.23 bits per heavy atom. The standard InChI is InChI=1S/C19H21ClN2O3S/c1-3-12-21-19(23)17-14-16(10-11-18(17)20)26(24,25)22(13-4-2)15-8-6-5-7-9-15/h4-11,14H,2-3,12-13H2,1H3,(H,21,23). The third-order valence-electron chi connectivity index (χ3n) is 3.65. The Labute approximate surface area is 159 Å². The normalized spacial score (nSPS) is 11.0. The molecule has 26 heavy (non-hydrogen) atoms. The number of anilines is 1. The van der Waals surface area contributed by atoms with E-state index >= 15 is 0 Å². The number of nitrogens with zero attached hydrogens (tertiary/aromatic N) is 1. The highest BCUT2D eigenvalue weighted by Gasteiger charge is 2.25. The van der Waals surface area contributed by atoms with Crippen molar-refractivity contribution in [2.24, 2.45) is 0 Å². The van der Waals surface area contributed by atoms with E-state index in [-0.39, 0.29) is 22.0 Å². The molecule has 1 N–H and O–H groups in total. The molecule has 1 amide bonds. The summed E-state index contributed by atoms with van der Waals surface area (Å²) in [7, 11) is -3.89. The largest absolute Gasteiger partial charge is 0.352 e. The quantitative estimate of drug-likeness (QED) is 0.693. The summed E-state index contributed by atoms with van der Waals surface area (Å²) in [4.78, 5) is 12.2. The number of amides is 1. The summed E-state index contributed by atoms with van der Waals surface area (Å²) in [6.07, 6.45) is 2.28. The molecule has 0 unspecified atom stereocenters. The average molecular weight is 393 g/mol. The molecule has 0 aliphatic rings. The second-order valence-electron chi connectivity index (χ2n) is 5.56. The van der Waals surface area contributed by atoms with Crippen molar-refractivity contribution >= 4 is 33.2 Å². The van der Waals surface area contributed by atoms with Crippen molar-refractivity contribution in [1.29, 1.82) is 0 Å². The topological polar surface area (TPSA) is 66.5 Å². The number of hydrogen-bond donors (Lipinski definition) is 1. The van der Waals surface area contributed by atoms with Crippen molar-refractivity contribution < 1.29 is 13.2 Å². The number of nitrogens with one attached hydrogen (secondary N) is 1. The molecule has 138 valence electrons. The van der Waals surface area contributed by atoms with E-state index in [2.05, 4.69) is 11.9 Å². The number of carbonyl (C=O) groups is 1. The molecule has 0 atom stereocenters. The molecule has 2 rings (SSSR count). The van der Waals surface area contributed by atoms with Crippen molar-refractivity contribution in [3.05, 3.63) is 71.8 Å². The van der Waals surface area contributed by atoms with Gasteiger partial charge in [0.1, 0.15) is 0 Å². The lowest BCUT2D eigenvalue weighted by atomic mass is 10.2. The second kappa shape index (κ2) is 8.87. The van der Waals surface area contributed by atoms with Crippen LogP contribution in [-0.2, 0) is 10.0 Å². The van der Waals surface area contributed by atoms with Crippen molar-refractivity contribution in [2.45, 2.75) is 18.2 Å². The Morgan fingerprint density at radius 3 is 2.54 bits per heavy atom. The van der Waals surface area contributed by atoms with E-state index in [9.17, 15) is 13.2 Å². The van der Waals surface area contributed by atoms with Gasteiger partial charge in [-0.3, -0.25) is 9.10 Å². The van der Waals surface area contributed by atoms with Gasteiger partial charge in [0.15, 0.2) is 0 Å². The van der Waals surface area contributed by atoms with Crippen LogP contribution in [0.2, 0.25) is 5.02 Å². The maximum Gasteiger partial charge on any atom is 0.264 e. The highest BCUT2D eigenvalue weighted by atomic mass is 35.5. The Balaban J connectivity index is 2.47. The lowest BCUT2D eigenvalue weighted by Crippen LogP contribution is -2.31. The van der Waals surface area contributed by atoms with E-state index in [1.54, 1.807) is 30.3 Å². The molecule has 5 nitrogen and oxygen atoms in total. The van der Waals surface area contributed by atoms with Crippen LogP contribution in [0.3, 0.4) is 0 Å². The molecule has 2 aromatic carbocycles. The van der Waals surface area contributed by atoms with Gasteiger partial charge >= 0.3 is 0 Å². The van der Waals surface area contributed by atoms with E-state index < -0.39 is 15.9 Å². The van der Waals surface area contributed by atoms with Gasteiger partial charge in [0.05, 0.1) is 27.7 Å². The van der Waals surface area contributed by atoms with Gasteiger partial charge in [-0.15, -0.1) is 6.58 Å². The summed E-state index contributed by atoms with van der Waals surface area (Å²) in [6, 6.07) is 12.8. The van der Waals surface area contributed by atoms with Crippen LogP contribution >= 0.6 is 11.6 Å². The molecular formula is C19H21ClN2O3S. The van der Waals surface area contributed by atoms with Gasteiger partial charge in [0.2, 0.25) is 0 Å². The molecule has 0 aromatic heterocycles. The van der Waals surface area contributed by atoms with Crippen molar-refractivity contribution in [3.8, 4) is 0 Å². The summed E-state index contributed by atoms with van der Waals surface area (Å²) in [5.41, 5.74) is 0.646. The number of rotatable bonds is 8. The maximum atomic E-state index is 13.1. The minimum absolute atomic E-state index is 0.00532. The molecule has 7 heteroatoms. The average Bonchev–Trinajstić information content (AvgIpc) is 2.64. The molecule has 0 heterocycles. The molecule has 0 fully saturated rings. The van der Waals surface area contributed by atoms with Crippen LogP contribution < -0.4 is 9.62 Å². The van der Waals surface area contributed by atoms with Gasteiger partial charge in [0.25, 0.3) is 15.9 Å². The lowest BCUT2D eigenvalue weighted by molar-refractivity contribution is 0.0953. The fourth-order valence-electron chi connectivity index (χ4n) is 2.35. The first-order chi connectivity index (χ1) is 12.4. The van der Waals surface area contributed by atoms with Crippen molar-refractivity contribution in [3.63, 3.8) is 0 Å². The highest BCUT2D eigenvalue weighted by Crippen LogP contribution is 2.26. The molecular weight excluding hydrogens is 372 g/mol. The molecule has 0 aliphatic heterocycles. The zero-order valence-corrected chi connectivity index (χ0v) is 16.1. The van der Waals surface area contributed by atoms with Crippen LogP contribution in [0.5, 0.6) is 0 Å². The van der Waals surface area contributed by atoms with Crippen LogP contribution in [0.25, 0.3) is 0 Å². The number of hydrogen-bond acceptors (Lipinski definition) is 3. The van der Waals surface area contributed by atoms with E-state index in [1.807, 2.05) is 6.92 Å². The van der Waals surface area contributed by atoms with Gasteiger partial charge in [-0.05, 0) is 36.8 Å². The fraction of sp³-hybridized carbons (Fsp3) is 0.211. The van der Waals surface area contributed by atoms with E-state index in [0.29, 0.717) is 12.2 Å². The number of benzene rings is 2. The smallest absolute Gasteiger partial charge is 0.264 e. The zero-order chi connectivity index (χ0) is 19.2. The summed E-state index contributed by atoms with van der Waals surface area (Å²) < 4.78 is 27.5. The van der Waals surface area contributed by atoms with Gasteiger partial charge in [0, 0.05) is 6.54 Å².